The molecule has 0 aliphatic heterocycles. The molecule has 3 N–H and O–H groups in total. The number of nitrogens with one attached hydrogen (secondary N) is 1. The highest BCUT2D eigenvalue weighted by Crippen LogP contribution is 2.28. The van der Waals surface area contributed by atoms with Crippen molar-refractivity contribution in [3.8, 4) is 5.75 Å². The highest BCUT2D eigenvalue weighted by Gasteiger charge is 2.14. The molecule has 5 nitrogen and oxygen atoms in total. The Balaban J connectivity index is 0.00000338. The zero-order valence-corrected chi connectivity index (χ0v) is 16.2. The number of amides is 1. The summed E-state index contributed by atoms with van der Waals surface area (Å²) in [5, 5.41) is 3.34. The Labute approximate surface area is 165 Å². The van der Waals surface area contributed by atoms with Crippen molar-refractivity contribution in [2.24, 2.45) is 5.73 Å². The van der Waals surface area contributed by atoms with Crippen molar-refractivity contribution in [3.63, 3.8) is 0 Å². The van der Waals surface area contributed by atoms with Crippen LogP contribution in [0.25, 0.3) is 0 Å². The third kappa shape index (κ3) is 7.22. The third-order valence-corrected chi connectivity index (χ3v) is 3.77. The van der Waals surface area contributed by atoms with Crippen molar-refractivity contribution in [1.29, 1.82) is 0 Å². The average molecular weight is 399 g/mol. The van der Waals surface area contributed by atoms with Gasteiger partial charge in [-0.2, -0.15) is 0 Å². The van der Waals surface area contributed by atoms with Crippen LogP contribution in [-0.4, -0.2) is 25.7 Å². The molecule has 26 heavy (non-hydrogen) atoms. The van der Waals surface area contributed by atoms with E-state index >= 15 is 0 Å². The summed E-state index contributed by atoms with van der Waals surface area (Å²) < 4.78 is 10.9. The predicted octanol–water partition coefficient (Wildman–Crippen LogP) is 4.21. The van der Waals surface area contributed by atoms with Gasteiger partial charge in [-0.25, -0.2) is 0 Å². The molecule has 0 heterocycles. The number of rotatable bonds is 9. The number of carbonyl (C=O) groups excluding carboxylic acids is 1. The van der Waals surface area contributed by atoms with E-state index in [2.05, 4.69) is 5.32 Å². The number of benzene rings is 2. The van der Waals surface area contributed by atoms with Crippen LogP contribution >= 0.6 is 24.0 Å². The zero-order chi connectivity index (χ0) is 18.1. The molecule has 0 fully saturated rings. The highest BCUT2D eigenvalue weighted by atomic mass is 35.5. The van der Waals surface area contributed by atoms with Crippen molar-refractivity contribution >= 4 is 35.6 Å². The van der Waals surface area contributed by atoms with Gasteiger partial charge in [-0.05, 0) is 30.7 Å². The summed E-state index contributed by atoms with van der Waals surface area (Å²) >= 11 is 6.03. The highest BCUT2D eigenvalue weighted by molar-refractivity contribution is 6.31. The number of hydrogen-bond donors (Lipinski definition) is 2. The second-order valence-corrected chi connectivity index (χ2v) is 5.89. The van der Waals surface area contributed by atoms with E-state index in [0.717, 1.165) is 5.56 Å². The minimum absolute atomic E-state index is 0. The van der Waals surface area contributed by atoms with E-state index in [9.17, 15) is 4.79 Å². The Morgan fingerprint density at radius 1 is 1.19 bits per heavy atom. The normalized spacial score (nSPS) is 11.3. The number of halogens is 2. The molecular formula is C19H24Cl2N2O3. The van der Waals surface area contributed by atoms with Gasteiger partial charge in [0.05, 0.1) is 12.3 Å². The van der Waals surface area contributed by atoms with Crippen molar-refractivity contribution in [1.82, 2.24) is 0 Å². The molecule has 0 bridgehead atoms. The van der Waals surface area contributed by atoms with Crippen LogP contribution in [0.1, 0.15) is 24.9 Å². The molecule has 1 unspecified atom stereocenters. The maximum atomic E-state index is 12.3. The van der Waals surface area contributed by atoms with Crippen LogP contribution in [0.15, 0.2) is 48.5 Å². The van der Waals surface area contributed by atoms with Crippen molar-refractivity contribution in [3.05, 3.63) is 59.1 Å². The summed E-state index contributed by atoms with van der Waals surface area (Å²) in [6.07, 6.45) is 0.162. The molecule has 2 rings (SSSR count). The standard InChI is InChI=1S/C19H23ClN2O3.ClH/c1-2-24-10-11-25-18-9-8-15(20)12-17(18)22-19(23)13-16(21)14-6-4-3-5-7-14;/h3-9,12,16H,2,10-11,13,21H2,1H3,(H,22,23);1H. The molecule has 1 atom stereocenters. The Morgan fingerprint density at radius 3 is 2.62 bits per heavy atom. The first-order valence-electron chi connectivity index (χ1n) is 8.20. The Bertz CT molecular complexity index is 684. The summed E-state index contributed by atoms with van der Waals surface area (Å²) in [5.41, 5.74) is 7.53. The second-order valence-electron chi connectivity index (χ2n) is 5.46. The molecule has 0 saturated heterocycles. The molecular weight excluding hydrogens is 375 g/mol. The molecule has 142 valence electrons. The first-order chi connectivity index (χ1) is 12.1. The molecule has 1 amide bonds. The SMILES string of the molecule is CCOCCOc1ccc(Cl)cc1NC(=O)CC(N)c1ccccc1.Cl. The smallest absolute Gasteiger partial charge is 0.226 e. The van der Waals surface area contributed by atoms with E-state index in [1.165, 1.54) is 0 Å². The number of anilines is 1. The fourth-order valence-electron chi connectivity index (χ4n) is 2.30. The van der Waals surface area contributed by atoms with Gasteiger partial charge in [-0.3, -0.25) is 4.79 Å². The maximum Gasteiger partial charge on any atom is 0.226 e. The minimum atomic E-state index is -0.372. The van der Waals surface area contributed by atoms with Crippen molar-refractivity contribution < 1.29 is 14.3 Å². The molecule has 0 aromatic heterocycles. The maximum absolute atomic E-state index is 12.3. The van der Waals surface area contributed by atoms with Gasteiger partial charge in [0.25, 0.3) is 0 Å². The topological polar surface area (TPSA) is 73.6 Å². The van der Waals surface area contributed by atoms with Crippen molar-refractivity contribution in [2.75, 3.05) is 25.1 Å². The van der Waals surface area contributed by atoms with Gasteiger partial charge in [0.15, 0.2) is 0 Å². The number of ether oxygens (including phenoxy) is 2. The van der Waals surface area contributed by atoms with Gasteiger partial charge >= 0.3 is 0 Å². The van der Waals surface area contributed by atoms with Gasteiger partial charge in [0.2, 0.25) is 5.91 Å². The first kappa shape index (κ1) is 22.3. The fraction of sp³-hybridized carbons (Fsp3) is 0.316. The average Bonchev–Trinajstić information content (AvgIpc) is 2.61. The Hall–Kier alpha value is -1.79. The van der Waals surface area contributed by atoms with Gasteiger partial charge in [-0.1, -0.05) is 41.9 Å². The number of carbonyl (C=O) groups is 1. The fourth-order valence-corrected chi connectivity index (χ4v) is 2.47. The summed E-state index contributed by atoms with van der Waals surface area (Å²) in [4.78, 5) is 12.3. The van der Waals surface area contributed by atoms with Crippen LogP contribution in [-0.2, 0) is 9.53 Å². The molecule has 0 aliphatic carbocycles. The lowest BCUT2D eigenvalue weighted by atomic mass is 10.0. The van der Waals surface area contributed by atoms with E-state index in [1.54, 1.807) is 18.2 Å². The van der Waals surface area contributed by atoms with Crippen LogP contribution in [0.2, 0.25) is 5.02 Å². The van der Waals surface area contributed by atoms with Gasteiger partial charge < -0.3 is 20.5 Å². The van der Waals surface area contributed by atoms with E-state index < -0.39 is 0 Å². The first-order valence-corrected chi connectivity index (χ1v) is 8.58. The molecule has 0 spiro atoms. The Morgan fingerprint density at radius 2 is 1.92 bits per heavy atom. The van der Waals surface area contributed by atoms with E-state index in [4.69, 9.17) is 26.8 Å². The lowest BCUT2D eigenvalue weighted by Gasteiger charge is -2.15. The second kappa shape index (κ2) is 11.8. The lowest BCUT2D eigenvalue weighted by Crippen LogP contribution is -2.21. The van der Waals surface area contributed by atoms with Crippen LogP contribution < -0.4 is 15.8 Å². The van der Waals surface area contributed by atoms with Gasteiger partial charge in [-0.15, -0.1) is 12.4 Å². The molecule has 2 aromatic carbocycles. The van der Waals surface area contributed by atoms with Crippen LogP contribution in [0.3, 0.4) is 0 Å². The molecule has 2 aromatic rings. The molecule has 0 aliphatic rings. The van der Waals surface area contributed by atoms with E-state index in [-0.39, 0.29) is 30.8 Å². The molecule has 7 heteroatoms. The predicted molar refractivity (Wildman–Crippen MR) is 107 cm³/mol. The largest absolute Gasteiger partial charge is 0.489 e. The van der Waals surface area contributed by atoms with Gasteiger partial charge in [0, 0.05) is 24.1 Å². The van der Waals surface area contributed by atoms with Crippen LogP contribution in [0.4, 0.5) is 5.69 Å². The monoisotopic (exact) mass is 398 g/mol. The third-order valence-electron chi connectivity index (χ3n) is 3.54. The van der Waals surface area contributed by atoms with E-state index in [0.29, 0.717) is 36.3 Å². The minimum Gasteiger partial charge on any atom is -0.489 e. The van der Waals surface area contributed by atoms with E-state index in [1.807, 2.05) is 37.3 Å². The quantitative estimate of drug-likeness (QED) is 0.620. The van der Waals surface area contributed by atoms with Crippen LogP contribution in [0.5, 0.6) is 5.75 Å². The summed E-state index contributed by atoms with van der Waals surface area (Å²) in [6, 6.07) is 14.2. The van der Waals surface area contributed by atoms with Gasteiger partial charge in [0.1, 0.15) is 12.4 Å². The summed E-state index contributed by atoms with van der Waals surface area (Å²) in [7, 11) is 0. The zero-order valence-electron chi connectivity index (χ0n) is 14.6. The number of nitrogens with two attached hydrogens (primary N) is 1. The number of hydrogen-bond acceptors (Lipinski definition) is 4. The summed E-state index contributed by atoms with van der Waals surface area (Å²) in [6.45, 7) is 3.42. The molecule has 0 saturated carbocycles. The van der Waals surface area contributed by atoms with Crippen molar-refractivity contribution in [2.45, 2.75) is 19.4 Å². The lowest BCUT2D eigenvalue weighted by molar-refractivity contribution is -0.116. The molecule has 0 radical (unpaired) electrons. The Kier molecular flexibility index (Phi) is 10.1. The van der Waals surface area contributed by atoms with Crippen LogP contribution in [0, 0.1) is 0 Å². The summed E-state index contributed by atoms with van der Waals surface area (Å²) in [5.74, 6) is 0.346.